The number of pyridine rings is 1. The zero-order chi connectivity index (χ0) is 16.0. The first-order valence-corrected chi connectivity index (χ1v) is 8.45. The molecule has 1 aliphatic heterocycles. The molecule has 3 aromatic rings. The Bertz CT molecular complexity index is 896. The van der Waals surface area contributed by atoms with Crippen LogP contribution in [0.4, 0.5) is 11.4 Å². The highest BCUT2D eigenvalue weighted by atomic mass is 15.2. The molecule has 2 heteroatoms. The van der Waals surface area contributed by atoms with Gasteiger partial charge >= 0.3 is 0 Å². The molecule has 0 spiro atoms. The Kier molecular flexibility index (Phi) is 3.33. The van der Waals surface area contributed by atoms with Crippen molar-refractivity contribution >= 4 is 22.3 Å². The van der Waals surface area contributed by atoms with Crippen LogP contribution < -0.4 is 4.90 Å². The minimum Gasteiger partial charge on any atom is -0.340 e. The van der Waals surface area contributed by atoms with E-state index in [1.807, 2.05) is 0 Å². The predicted molar refractivity (Wildman–Crippen MR) is 97.7 cm³/mol. The number of aryl methyl sites for hydroxylation is 3. The molecule has 0 unspecified atom stereocenters. The van der Waals surface area contributed by atoms with E-state index >= 15 is 0 Å². The van der Waals surface area contributed by atoms with E-state index in [4.69, 9.17) is 4.98 Å². The summed E-state index contributed by atoms with van der Waals surface area (Å²) in [6, 6.07) is 15.3. The van der Waals surface area contributed by atoms with Gasteiger partial charge in [-0.15, -0.1) is 0 Å². The number of hydrogen-bond donors (Lipinski definition) is 0. The highest BCUT2D eigenvalue weighted by Crippen LogP contribution is 2.42. The summed E-state index contributed by atoms with van der Waals surface area (Å²) >= 11 is 0. The fourth-order valence-corrected chi connectivity index (χ4v) is 3.82. The number of hydrogen-bond acceptors (Lipinski definition) is 2. The quantitative estimate of drug-likeness (QED) is 0.654. The first kappa shape index (κ1) is 14.3. The molecule has 0 N–H and O–H groups in total. The molecule has 0 aliphatic carbocycles. The number of para-hydroxylation sites is 2. The van der Waals surface area contributed by atoms with E-state index in [2.05, 4.69) is 68.1 Å². The summed E-state index contributed by atoms with van der Waals surface area (Å²) in [5, 5.41) is 1.29. The van der Waals surface area contributed by atoms with Crippen LogP contribution in [0.1, 0.15) is 29.3 Å². The maximum absolute atomic E-state index is 4.89. The molecule has 0 saturated carbocycles. The fourth-order valence-electron chi connectivity index (χ4n) is 3.82. The number of benzene rings is 2. The summed E-state index contributed by atoms with van der Waals surface area (Å²) in [7, 11) is 0. The Balaban J connectivity index is 2.01. The van der Waals surface area contributed by atoms with Crippen LogP contribution in [0.15, 0.2) is 42.5 Å². The Morgan fingerprint density at radius 1 is 1.04 bits per heavy atom. The summed E-state index contributed by atoms with van der Waals surface area (Å²) in [5.74, 6) is 0. The summed E-state index contributed by atoms with van der Waals surface area (Å²) in [6.45, 7) is 7.58. The van der Waals surface area contributed by atoms with E-state index in [-0.39, 0.29) is 0 Å². The standard InChI is InChI=1S/C21H22N2/c1-4-16-9-5-6-11-19(16)23-13-12-17-15(3)22-20-14(2)8-7-10-18(20)21(17)23/h5-11H,4,12-13H2,1-3H3. The molecule has 23 heavy (non-hydrogen) atoms. The van der Waals surface area contributed by atoms with Gasteiger partial charge < -0.3 is 4.90 Å². The highest BCUT2D eigenvalue weighted by Gasteiger charge is 2.26. The molecule has 116 valence electrons. The van der Waals surface area contributed by atoms with Gasteiger partial charge in [0.2, 0.25) is 0 Å². The van der Waals surface area contributed by atoms with Gasteiger partial charge in [-0.25, -0.2) is 0 Å². The Labute approximate surface area is 137 Å². The predicted octanol–water partition coefficient (Wildman–Crippen LogP) is 5.11. The van der Waals surface area contributed by atoms with Crippen molar-refractivity contribution in [2.24, 2.45) is 0 Å². The van der Waals surface area contributed by atoms with Crippen LogP contribution in [0, 0.1) is 13.8 Å². The van der Waals surface area contributed by atoms with Gasteiger partial charge in [-0.2, -0.15) is 0 Å². The van der Waals surface area contributed by atoms with E-state index in [9.17, 15) is 0 Å². The van der Waals surface area contributed by atoms with Crippen molar-refractivity contribution in [3.63, 3.8) is 0 Å². The normalized spacial score (nSPS) is 13.6. The zero-order valence-electron chi connectivity index (χ0n) is 14.1. The minimum atomic E-state index is 1.04. The smallest absolute Gasteiger partial charge is 0.0755 e. The monoisotopic (exact) mass is 302 g/mol. The average Bonchev–Trinajstić information content (AvgIpc) is 3.02. The summed E-state index contributed by atoms with van der Waals surface area (Å²) < 4.78 is 0. The van der Waals surface area contributed by atoms with Crippen LogP contribution in [0.3, 0.4) is 0 Å². The maximum atomic E-state index is 4.89. The highest BCUT2D eigenvalue weighted by molar-refractivity contribution is 5.98. The fraction of sp³-hybridized carbons (Fsp3) is 0.286. The molecule has 0 radical (unpaired) electrons. The van der Waals surface area contributed by atoms with Crippen molar-refractivity contribution in [3.05, 3.63) is 64.8 Å². The van der Waals surface area contributed by atoms with Crippen molar-refractivity contribution < 1.29 is 0 Å². The largest absolute Gasteiger partial charge is 0.340 e. The maximum Gasteiger partial charge on any atom is 0.0755 e. The molecule has 0 saturated heterocycles. The van der Waals surface area contributed by atoms with E-state index < -0.39 is 0 Å². The summed E-state index contributed by atoms with van der Waals surface area (Å²) in [5.41, 5.74) is 9.12. The van der Waals surface area contributed by atoms with Gasteiger partial charge in [0, 0.05) is 23.3 Å². The van der Waals surface area contributed by atoms with E-state index in [1.165, 1.54) is 39.1 Å². The van der Waals surface area contributed by atoms with Crippen molar-refractivity contribution in [3.8, 4) is 0 Å². The first-order chi connectivity index (χ1) is 11.2. The SMILES string of the molecule is CCc1ccccc1N1CCc2c(C)nc3c(C)cccc3c21. The van der Waals surface area contributed by atoms with E-state index in [1.54, 1.807) is 0 Å². The van der Waals surface area contributed by atoms with Crippen molar-refractivity contribution in [1.82, 2.24) is 4.98 Å². The van der Waals surface area contributed by atoms with Crippen molar-refractivity contribution in [2.75, 3.05) is 11.4 Å². The number of rotatable bonds is 2. The van der Waals surface area contributed by atoms with Gasteiger partial charge in [0.25, 0.3) is 0 Å². The van der Waals surface area contributed by atoms with Crippen molar-refractivity contribution in [1.29, 1.82) is 0 Å². The van der Waals surface area contributed by atoms with Crippen LogP contribution in [0.2, 0.25) is 0 Å². The molecular formula is C21H22N2. The lowest BCUT2D eigenvalue weighted by Crippen LogP contribution is -2.15. The van der Waals surface area contributed by atoms with E-state index in [0.717, 1.165) is 24.9 Å². The summed E-state index contributed by atoms with van der Waals surface area (Å²) in [6.07, 6.45) is 2.14. The van der Waals surface area contributed by atoms with Crippen molar-refractivity contribution in [2.45, 2.75) is 33.6 Å². The van der Waals surface area contributed by atoms with Crippen LogP contribution in [-0.4, -0.2) is 11.5 Å². The Morgan fingerprint density at radius 3 is 2.70 bits per heavy atom. The van der Waals surface area contributed by atoms with Crippen LogP contribution in [-0.2, 0) is 12.8 Å². The zero-order valence-corrected chi connectivity index (χ0v) is 14.1. The molecule has 2 heterocycles. The third-order valence-corrected chi connectivity index (χ3v) is 5.01. The van der Waals surface area contributed by atoms with Gasteiger partial charge in [0.05, 0.1) is 11.2 Å². The van der Waals surface area contributed by atoms with E-state index in [0.29, 0.717) is 0 Å². The van der Waals surface area contributed by atoms with Gasteiger partial charge in [-0.05, 0) is 49.4 Å². The average molecular weight is 302 g/mol. The lowest BCUT2D eigenvalue weighted by Gasteiger charge is -2.24. The van der Waals surface area contributed by atoms with Gasteiger partial charge in [0.15, 0.2) is 0 Å². The molecule has 2 aromatic carbocycles. The molecule has 0 bridgehead atoms. The van der Waals surface area contributed by atoms with Gasteiger partial charge in [0.1, 0.15) is 0 Å². The molecule has 4 rings (SSSR count). The van der Waals surface area contributed by atoms with Crippen LogP contribution >= 0.6 is 0 Å². The molecule has 0 amide bonds. The number of nitrogens with zero attached hydrogens (tertiary/aromatic N) is 2. The number of anilines is 2. The third kappa shape index (κ3) is 2.13. The second kappa shape index (κ2) is 5.38. The van der Waals surface area contributed by atoms with Crippen LogP contribution in [0.25, 0.3) is 10.9 Å². The second-order valence-electron chi connectivity index (χ2n) is 6.38. The first-order valence-electron chi connectivity index (χ1n) is 8.45. The number of aromatic nitrogens is 1. The molecule has 0 atom stereocenters. The second-order valence-corrected chi connectivity index (χ2v) is 6.38. The number of fused-ring (bicyclic) bond motifs is 3. The molecule has 1 aromatic heterocycles. The molecule has 0 fully saturated rings. The topological polar surface area (TPSA) is 16.1 Å². The molecule has 2 nitrogen and oxygen atoms in total. The van der Waals surface area contributed by atoms with Gasteiger partial charge in [-0.3, -0.25) is 4.98 Å². The Hall–Kier alpha value is -2.35. The Morgan fingerprint density at radius 2 is 1.87 bits per heavy atom. The minimum absolute atomic E-state index is 1.04. The van der Waals surface area contributed by atoms with Gasteiger partial charge in [-0.1, -0.05) is 43.3 Å². The van der Waals surface area contributed by atoms with Crippen LogP contribution in [0.5, 0.6) is 0 Å². The lowest BCUT2D eigenvalue weighted by atomic mass is 10.0. The third-order valence-electron chi connectivity index (χ3n) is 5.01. The summed E-state index contributed by atoms with van der Waals surface area (Å²) in [4.78, 5) is 7.40. The lowest BCUT2D eigenvalue weighted by molar-refractivity contribution is 0.974. The molecule has 1 aliphatic rings. The molecular weight excluding hydrogens is 280 g/mol.